The van der Waals surface area contributed by atoms with Crippen molar-refractivity contribution in [2.45, 2.75) is 31.0 Å². The molecule has 0 bridgehead atoms. The Morgan fingerprint density at radius 2 is 2.15 bits per heavy atom. The highest BCUT2D eigenvalue weighted by Gasteiger charge is 2.13. The maximum atomic E-state index is 12.9. The van der Waals surface area contributed by atoms with Crippen LogP contribution in [0, 0.1) is 5.82 Å². The number of hydrogen-bond acceptors (Lipinski definition) is 0. The molecule has 1 aromatic rings. The first-order chi connectivity index (χ1) is 6.15. The number of rotatable bonds is 3. The Hall–Kier alpha value is -0.370. The number of hydrogen-bond donors (Lipinski definition) is 0. The lowest BCUT2D eigenvalue weighted by Gasteiger charge is -2.16. The zero-order valence-corrected chi connectivity index (χ0v) is 9.51. The van der Waals surface area contributed by atoms with Gasteiger partial charge < -0.3 is 0 Å². The van der Waals surface area contributed by atoms with Crippen LogP contribution >= 0.6 is 15.9 Å². The highest BCUT2D eigenvalue weighted by Crippen LogP contribution is 2.26. The monoisotopic (exact) mass is 244 g/mol. The van der Waals surface area contributed by atoms with Gasteiger partial charge in [0.2, 0.25) is 0 Å². The highest BCUT2D eigenvalue weighted by molar-refractivity contribution is 9.09. The molecule has 2 unspecified atom stereocenters. The van der Waals surface area contributed by atoms with Gasteiger partial charge in [-0.25, -0.2) is 4.39 Å². The molecular weight excluding hydrogens is 231 g/mol. The Balaban J connectivity index is 2.82. The maximum Gasteiger partial charge on any atom is 0.123 e. The molecule has 0 aromatic heterocycles. The summed E-state index contributed by atoms with van der Waals surface area (Å²) in [6.45, 7) is 4.23. The summed E-state index contributed by atoms with van der Waals surface area (Å²) in [5.41, 5.74) is 1.06. The van der Waals surface area contributed by atoms with E-state index in [9.17, 15) is 4.39 Å². The SMILES string of the molecule is CCC(Br)C(C)c1cccc(F)c1. The summed E-state index contributed by atoms with van der Waals surface area (Å²) in [5.74, 6) is 0.209. The van der Waals surface area contributed by atoms with Crippen LogP contribution in [0.15, 0.2) is 24.3 Å². The summed E-state index contributed by atoms with van der Waals surface area (Å²) in [6, 6.07) is 6.81. The van der Waals surface area contributed by atoms with Crippen LogP contribution in [-0.4, -0.2) is 4.83 Å². The van der Waals surface area contributed by atoms with Crippen LogP contribution in [0.2, 0.25) is 0 Å². The molecular formula is C11H14BrF. The lowest BCUT2D eigenvalue weighted by atomic mass is 9.96. The van der Waals surface area contributed by atoms with Gasteiger partial charge in [0.05, 0.1) is 0 Å². The topological polar surface area (TPSA) is 0 Å². The van der Waals surface area contributed by atoms with E-state index in [4.69, 9.17) is 0 Å². The Morgan fingerprint density at radius 3 is 2.69 bits per heavy atom. The summed E-state index contributed by atoms with van der Waals surface area (Å²) < 4.78 is 12.9. The molecule has 1 aromatic carbocycles. The van der Waals surface area contributed by atoms with Crippen molar-refractivity contribution >= 4 is 15.9 Å². The Kier molecular flexibility index (Phi) is 3.91. The van der Waals surface area contributed by atoms with Crippen LogP contribution in [0.4, 0.5) is 4.39 Å². The van der Waals surface area contributed by atoms with Gasteiger partial charge in [-0.2, -0.15) is 0 Å². The fourth-order valence-corrected chi connectivity index (χ4v) is 1.66. The van der Waals surface area contributed by atoms with Crippen LogP contribution in [-0.2, 0) is 0 Å². The van der Waals surface area contributed by atoms with Crippen LogP contribution in [0.1, 0.15) is 31.7 Å². The van der Waals surface area contributed by atoms with Crippen LogP contribution in [0.5, 0.6) is 0 Å². The summed E-state index contributed by atoms with van der Waals surface area (Å²) in [7, 11) is 0. The molecule has 0 heterocycles. The van der Waals surface area contributed by atoms with Crippen molar-refractivity contribution < 1.29 is 4.39 Å². The largest absolute Gasteiger partial charge is 0.207 e. The predicted octanol–water partition coefficient (Wildman–Crippen LogP) is 4.10. The fourth-order valence-electron chi connectivity index (χ4n) is 1.35. The van der Waals surface area contributed by atoms with E-state index in [0.717, 1.165) is 12.0 Å². The van der Waals surface area contributed by atoms with Crippen molar-refractivity contribution in [3.8, 4) is 0 Å². The molecule has 0 nitrogen and oxygen atoms in total. The Morgan fingerprint density at radius 1 is 1.46 bits per heavy atom. The minimum Gasteiger partial charge on any atom is -0.207 e. The van der Waals surface area contributed by atoms with Crippen molar-refractivity contribution in [2.75, 3.05) is 0 Å². The lowest BCUT2D eigenvalue weighted by molar-refractivity contribution is 0.617. The minimum atomic E-state index is -0.153. The van der Waals surface area contributed by atoms with Crippen LogP contribution in [0.25, 0.3) is 0 Å². The van der Waals surface area contributed by atoms with Gasteiger partial charge in [0.1, 0.15) is 5.82 Å². The smallest absolute Gasteiger partial charge is 0.123 e. The minimum absolute atomic E-state index is 0.153. The Labute approximate surface area is 87.3 Å². The van der Waals surface area contributed by atoms with Crippen molar-refractivity contribution in [2.24, 2.45) is 0 Å². The van der Waals surface area contributed by atoms with Gasteiger partial charge in [0.15, 0.2) is 0 Å². The van der Waals surface area contributed by atoms with Gasteiger partial charge in [-0.3, -0.25) is 0 Å². The normalized spacial score (nSPS) is 15.4. The first-order valence-electron chi connectivity index (χ1n) is 4.54. The quantitative estimate of drug-likeness (QED) is 0.703. The van der Waals surface area contributed by atoms with Crippen molar-refractivity contribution in [3.63, 3.8) is 0 Å². The van der Waals surface area contributed by atoms with E-state index >= 15 is 0 Å². The third-order valence-corrected chi connectivity index (χ3v) is 3.75. The molecule has 0 fully saturated rings. The maximum absolute atomic E-state index is 12.9. The van der Waals surface area contributed by atoms with Gasteiger partial charge in [0, 0.05) is 4.83 Å². The molecule has 0 N–H and O–H groups in total. The van der Waals surface area contributed by atoms with Crippen LogP contribution < -0.4 is 0 Å². The van der Waals surface area contributed by atoms with E-state index in [1.165, 1.54) is 6.07 Å². The lowest BCUT2D eigenvalue weighted by Crippen LogP contribution is -2.07. The van der Waals surface area contributed by atoms with E-state index in [2.05, 4.69) is 29.8 Å². The van der Waals surface area contributed by atoms with Gasteiger partial charge in [-0.05, 0) is 30.0 Å². The molecule has 0 aliphatic heterocycles. The summed E-state index contributed by atoms with van der Waals surface area (Å²) in [5, 5.41) is 0. The molecule has 72 valence electrons. The average molecular weight is 245 g/mol. The van der Waals surface area contributed by atoms with Crippen LogP contribution in [0.3, 0.4) is 0 Å². The molecule has 13 heavy (non-hydrogen) atoms. The second kappa shape index (κ2) is 4.75. The standard InChI is InChI=1S/C11H14BrF/c1-3-11(12)8(2)9-5-4-6-10(13)7-9/h4-8,11H,3H2,1-2H3. The van der Waals surface area contributed by atoms with Crippen molar-refractivity contribution in [1.82, 2.24) is 0 Å². The second-order valence-electron chi connectivity index (χ2n) is 3.27. The van der Waals surface area contributed by atoms with E-state index in [-0.39, 0.29) is 5.82 Å². The summed E-state index contributed by atoms with van der Waals surface area (Å²) >= 11 is 3.58. The first-order valence-corrected chi connectivity index (χ1v) is 5.46. The number of halogens is 2. The van der Waals surface area contributed by atoms with E-state index in [0.29, 0.717) is 10.7 Å². The number of benzene rings is 1. The van der Waals surface area contributed by atoms with Gasteiger partial charge in [-0.15, -0.1) is 0 Å². The molecule has 2 heteroatoms. The van der Waals surface area contributed by atoms with Gasteiger partial charge in [-0.1, -0.05) is 41.9 Å². The van der Waals surface area contributed by atoms with E-state index < -0.39 is 0 Å². The summed E-state index contributed by atoms with van der Waals surface area (Å²) in [4.78, 5) is 0.425. The molecule has 0 saturated carbocycles. The average Bonchev–Trinajstić information content (AvgIpc) is 2.15. The molecule has 0 amide bonds. The van der Waals surface area contributed by atoms with E-state index in [1.54, 1.807) is 12.1 Å². The zero-order valence-electron chi connectivity index (χ0n) is 7.93. The van der Waals surface area contributed by atoms with E-state index in [1.807, 2.05) is 6.07 Å². The molecule has 1 rings (SSSR count). The highest BCUT2D eigenvalue weighted by atomic mass is 79.9. The van der Waals surface area contributed by atoms with Gasteiger partial charge in [0.25, 0.3) is 0 Å². The molecule has 2 atom stereocenters. The molecule has 0 radical (unpaired) electrons. The number of alkyl halides is 1. The molecule has 0 saturated heterocycles. The summed E-state index contributed by atoms with van der Waals surface area (Å²) in [6.07, 6.45) is 1.05. The zero-order chi connectivity index (χ0) is 9.84. The molecule has 0 aliphatic carbocycles. The van der Waals surface area contributed by atoms with Gasteiger partial charge >= 0.3 is 0 Å². The van der Waals surface area contributed by atoms with Crippen molar-refractivity contribution in [3.05, 3.63) is 35.6 Å². The molecule has 0 aliphatic rings. The fraction of sp³-hybridized carbons (Fsp3) is 0.455. The molecule has 0 spiro atoms. The van der Waals surface area contributed by atoms with Crippen molar-refractivity contribution in [1.29, 1.82) is 0 Å². The second-order valence-corrected chi connectivity index (χ2v) is 4.44. The predicted molar refractivity (Wildman–Crippen MR) is 57.8 cm³/mol. The Bertz CT molecular complexity index is 273. The third kappa shape index (κ3) is 2.80. The third-order valence-electron chi connectivity index (χ3n) is 2.31. The first kappa shape index (κ1) is 10.7.